The lowest BCUT2D eigenvalue weighted by atomic mass is 9.93. The van der Waals surface area contributed by atoms with Gasteiger partial charge in [0.25, 0.3) is 0 Å². The van der Waals surface area contributed by atoms with Gasteiger partial charge < -0.3 is 10.4 Å². The van der Waals surface area contributed by atoms with Crippen LogP contribution in [0.4, 0.5) is 0 Å². The van der Waals surface area contributed by atoms with E-state index in [1.807, 2.05) is 0 Å². The number of nitrogens with one attached hydrogen (secondary N) is 1. The predicted octanol–water partition coefficient (Wildman–Crippen LogP) is 3.14. The van der Waals surface area contributed by atoms with Crippen molar-refractivity contribution in [3.63, 3.8) is 0 Å². The van der Waals surface area contributed by atoms with Gasteiger partial charge >= 0.3 is 0 Å². The lowest BCUT2D eigenvalue weighted by Crippen LogP contribution is -2.32. The molecule has 2 atom stereocenters. The highest BCUT2D eigenvalue weighted by Gasteiger charge is 2.23. The predicted molar refractivity (Wildman–Crippen MR) is 69.3 cm³/mol. The van der Waals surface area contributed by atoms with Crippen LogP contribution in [0.25, 0.3) is 0 Å². The third kappa shape index (κ3) is 2.77. The van der Waals surface area contributed by atoms with Crippen LogP contribution < -0.4 is 5.32 Å². The van der Waals surface area contributed by atoms with Gasteiger partial charge in [-0.3, -0.25) is 0 Å². The van der Waals surface area contributed by atoms with E-state index in [1.165, 1.54) is 29.7 Å². The first-order valence-electron chi connectivity index (χ1n) is 5.85. The molecule has 2 rings (SSSR count). The van der Waals surface area contributed by atoms with Gasteiger partial charge in [0.15, 0.2) is 0 Å². The molecule has 2 unspecified atom stereocenters. The van der Waals surface area contributed by atoms with Gasteiger partial charge in [0, 0.05) is 23.6 Å². The Morgan fingerprint density at radius 1 is 1.69 bits per heavy atom. The Balaban J connectivity index is 2.06. The average molecular weight is 260 g/mol. The van der Waals surface area contributed by atoms with E-state index in [0.717, 1.165) is 10.8 Å². The number of hydrogen-bond acceptors (Lipinski definition) is 3. The molecule has 0 radical (unpaired) electrons. The van der Waals surface area contributed by atoms with Crippen LogP contribution >= 0.6 is 22.9 Å². The number of aliphatic hydroxyl groups is 1. The van der Waals surface area contributed by atoms with E-state index in [-0.39, 0.29) is 6.61 Å². The number of fused-ring (bicyclic) bond motifs is 1. The van der Waals surface area contributed by atoms with Gasteiger partial charge in [-0.1, -0.05) is 11.6 Å². The highest BCUT2D eigenvalue weighted by atomic mass is 35.5. The summed E-state index contributed by atoms with van der Waals surface area (Å²) in [6.07, 6.45) is 4.38. The van der Waals surface area contributed by atoms with Crippen molar-refractivity contribution in [2.45, 2.75) is 44.7 Å². The van der Waals surface area contributed by atoms with Gasteiger partial charge in [-0.25, -0.2) is 0 Å². The lowest BCUT2D eigenvalue weighted by molar-refractivity contribution is 0.260. The fourth-order valence-corrected chi connectivity index (χ4v) is 3.70. The summed E-state index contributed by atoms with van der Waals surface area (Å²) in [5.74, 6) is 0. The second-order valence-electron chi connectivity index (χ2n) is 4.45. The van der Waals surface area contributed by atoms with Crippen molar-refractivity contribution in [1.29, 1.82) is 0 Å². The van der Waals surface area contributed by atoms with Gasteiger partial charge in [0.2, 0.25) is 0 Å². The molecular formula is C12H18ClNOS. The maximum atomic E-state index is 8.91. The van der Waals surface area contributed by atoms with Crippen molar-refractivity contribution in [1.82, 2.24) is 5.32 Å². The second kappa shape index (κ2) is 5.50. The Bertz CT molecular complexity index is 353. The fourth-order valence-electron chi connectivity index (χ4n) is 2.31. The molecule has 2 nitrogen and oxygen atoms in total. The molecule has 0 saturated carbocycles. The first kappa shape index (κ1) is 12.4. The quantitative estimate of drug-likeness (QED) is 0.871. The molecule has 0 spiro atoms. The normalized spacial score (nSPS) is 21.8. The molecule has 0 bridgehead atoms. The van der Waals surface area contributed by atoms with Crippen LogP contribution in [-0.4, -0.2) is 17.8 Å². The topological polar surface area (TPSA) is 32.3 Å². The zero-order chi connectivity index (χ0) is 11.5. The SMILES string of the molecule is CC(CCO)NC1CCCc2sc(Cl)cc21. The van der Waals surface area contributed by atoms with Gasteiger partial charge in [-0.15, -0.1) is 11.3 Å². The highest BCUT2D eigenvalue weighted by molar-refractivity contribution is 7.16. The molecule has 1 aromatic rings. The van der Waals surface area contributed by atoms with E-state index in [2.05, 4.69) is 18.3 Å². The molecule has 0 aromatic carbocycles. The maximum Gasteiger partial charge on any atom is 0.0934 e. The molecule has 0 fully saturated rings. The van der Waals surface area contributed by atoms with Gasteiger partial charge in [-0.2, -0.15) is 0 Å². The van der Waals surface area contributed by atoms with E-state index >= 15 is 0 Å². The summed E-state index contributed by atoms with van der Waals surface area (Å²) in [5, 5.41) is 12.5. The Kier molecular flexibility index (Phi) is 4.25. The first-order valence-corrected chi connectivity index (χ1v) is 7.05. The molecule has 90 valence electrons. The molecule has 0 aliphatic heterocycles. The van der Waals surface area contributed by atoms with Gasteiger partial charge in [-0.05, 0) is 44.2 Å². The number of aryl methyl sites for hydroxylation is 1. The lowest BCUT2D eigenvalue weighted by Gasteiger charge is -2.26. The number of thiophene rings is 1. The van der Waals surface area contributed by atoms with Crippen LogP contribution in [0.15, 0.2) is 6.07 Å². The largest absolute Gasteiger partial charge is 0.396 e. The third-order valence-electron chi connectivity index (χ3n) is 3.13. The van der Waals surface area contributed by atoms with Gasteiger partial charge in [0.05, 0.1) is 4.34 Å². The van der Waals surface area contributed by atoms with Crippen LogP contribution in [0.2, 0.25) is 4.34 Å². The smallest absolute Gasteiger partial charge is 0.0934 e. The first-order chi connectivity index (χ1) is 7.70. The molecule has 1 aliphatic rings. The summed E-state index contributed by atoms with van der Waals surface area (Å²) in [4.78, 5) is 1.44. The molecule has 0 amide bonds. The number of rotatable bonds is 4. The van der Waals surface area contributed by atoms with Crippen molar-refractivity contribution in [3.05, 3.63) is 20.8 Å². The van der Waals surface area contributed by atoms with Crippen LogP contribution in [-0.2, 0) is 6.42 Å². The van der Waals surface area contributed by atoms with E-state index < -0.39 is 0 Å². The minimum Gasteiger partial charge on any atom is -0.396 e. The summed E-state index contributed by atoms with van der Waals surface area (Å²) >= 11 is 7.78. The van der Waals surface area contributed by atoms with Crippen molar-refractivity contribution >= 4 is 22.9 Å². The van der Waals surface area contributed by atoms with Crippen molar-refractivity contribution in [3.8, 4) is 0 Å². The van der Waals surface area contributed by atoms with Crippen molar-refractivity contribution in [2.24, 2.45) is 0 Å². The summed E-state index contributed by atoms with van der Waals surface area (Å²) in [7, 11) is 0. The molecule has 0 saturated heterocycles. The zero-order valence-corrected chi connectivity index (χ0v) is 11.1. The monoisotopic (exact) mass is 259 g/mol. The minimum atomic E-state index is 0.248. The summed E-state index contributed by atoms with van der Waals surface area (Å²) < 4.78 is 0.897. The summed E-state index contributed by atoms with van der Waals surface area (Å²) in [6, 6.07) is 2.89. The standard InChI is InChI=1S/C12H18ClNOS/c1-8(5-6-15)14-10-3-2-4-11-9(10)7-12(13)16-11/h7-8,10,14-15H,2-6H2,1H3. The highest BCUT2D eigenvalue weighted by Crippen LogP contribution is 2.37. The number of aliphatic hydroxyl groups excluding tert-OH is 1. The van der Waals surface area contributed by atoms with E-state index in [9.17, 15) is 0 Å². The molecule has 1 aromatic heterocycles. The maximum absolute atomic E-state index is 8.91. The number of hydrogen-bond donors (Lipinski definition) is 2. The van der Waals surface area contributed by atoms with Crippen LogP contribution in [0.3, 0.4) is 0 Å². The molecule has 1 heterocycles. The van der Waals surface area contributed by atoms with Crippen molar-refractivity contribution < 1.29 is 5.11 Å². The Hall–Kier alpha value is -0.0900. The summed E-state index contributed by atoms with van der Waals surface area (Å²) in [6.45, 7) is 2.37. The molecule has 1 aliphatic carbocycles. The third-order valence-corrected chi connectivity index (χ3v) is 4.47. The second-order valence-corrected chi connectivity index (χ2v) is 6.22. The Morgan fingerprint density at radius 2 is 2.50 bits per heavy atom. The Labute approximate surface area is 106 Å². The fraction of sp³-hybridized carbons (Fsp3) is 0.667. The molecule has 16 heavy (non-hydrogen) atoms. The zero-order valence-electron chi connectivity index (χ0n) is 9.50. The van der Waals surface area contributed by atoms with Crippen LogP contribution in [0.1, 0.15) is 42.7 Å². The van der Waals surface area contributed by atoms with Crippen LogP contribution in [0, 0.1) is 0 Å². The molecular weight excluding hydrogens is 242 g/mol. The average Bonchev–Trinajstić information content (AvgIpc) is 2.60. The van der Waals surface area contributed by atoms with E-state index in [4.69, 9.17) is 16.7 Å². The Morgan fingerprint density at radius 3 is 3.25 bits per heavy atom. The molecule has 2 N–H and O–H groups in total. The van der Waals surface area contributed by atoms with E-state index in [0.29, 0.717) is 12.1 Å². The van der Waals surface area contributed by atoms with E-state index in [1.54, 1.807) is 11.3 Å². The van der Waals surface area contributed by atoms with Crippen LogP contribution in [0.5, 0.6) is 0 Å². The minimum absolute atomic E-state index is 0.248. The molecule has 4 heteroatoms. The van der Waals surface area contributed by atoms with Gasteiger partial charge in [0.1, 0.15) is 0 Å². The number of halogens is 1. The summed E-state index contributed by atoms with van der Waals surface area (Å²) in [5.41, 5.74) is 1.38. The van der Waals surface area contributed by atoms with Crippen molar-refractivity contribution in [2.75, 3.05) is 6.61 Å².